The van der Waals surface area contributed by atoms with E-state index in [1.807, 2.05) is 0 Å². The maximum Gasteiger partial charge on any atom is 0.168 e. The summed E-state index contributed by atoms with van der Waals surface area (Å²) in [5, 5.41) is 3.72. The van der Waals surface area contributed by atoms with Crippen molar-refractivity contribution in [2.24, 2.45) is 0 Å². The molecule has 3 rings (SSSR count). The van der Waals surface area contributed by atoms with Gasteiger partial charge in [-0.1, -0.05) is 18.2 Å². The number of hydrogen-bond acceptors (Lipinski definition) is 4. The molecule has 0 aromatic heterocycles. The van der Waals surface area contributed by atoms with Gasteiger partial charge in [0.1, 0.15) is 0 Å². The molecule has 0 amide bonds. The van der Waals surface area contributed by atoms with Crippen LogP contribution in [0.2, 0.25) is 0 Å². The molecule has 1 aliphatic carbocycles. The number of rotatable bonds is 4. The minimum absolute atomic E-state index is 0.263. The Kier molecular flexibility index (Phi) is 4.48. The molecule has 1 aliphatic heterocycles. The lowest BCUT2D eigenvalue weighted by Crippen LogP contribution is -2.39. The molecule has 1 aromatic carbocycles. The SMILES string of the molecule is CN(C)Cc1ccccc1NC1CCC2(CC1)OCCO2. The first-order chi connectivity index (χ1) is 10.2. The van der Waals surface area contributed by atoms with Crippen LogP contribution in [0.1, 0.15) is 31.2 Å². The van der Waals surface area contributed by atoms with Crippen molar-refractivity contribution in [3.8, 4) is 0 Å². The van der Waals surface area contributed by atoms with Crippen molar-refractivity contribution in [2.45, 2.75) is 44.1 Å². The summed E-state index contributed by atoms with van der Waals surface area (Å²) in [5.41, 5.74) is 2.62. The van der Waals surface area contributed by atoms with E-state index in [-0.39, 0.29) is 5.79 Å². The summed E-state index contributed by atoms with van der Waals surface area (Å²) >= 11 is 0. The van der Waals surface area contributed by atoms with Gasteiger partial charge < -0.3 is 19.7 Å². The van der Waals surface area contributed by atoms with E-state index in [2.05, 4.69) is 48.6 Å². The zero-order valence-electron chi connectivity index (χ0n) is 13.1. The van der Waals surface area contributed by atoms with Gasteiger partial charge in [0.2, 0.25) is 0 Å². The summed E-state index contributed by atoms with van der Waals surface area (Å²) in [4.78, 5) is 2.20. The van der Waals surface area contributed by atoms with Crippen LogP contribution < -0.4 is 5.32 Å². The standard InChI is InChI=1S/C17H26N2O2/c1-19(2)13-14-5-3-4-6-16(14)18-15-7-9-17(10-8-15)20-11-12-21-17/h3-6,15,18H,7-13H2,1-2H3. The summed E-state index contributed by atoms with van der Waals surface area (Å²) in [6.07, 6.45) is 4.22. The molecule has 4 heteroatoms. The first-order valence-corrected chi connectivity index (χ1v) is 7.94. The average Bonchev–Trinajstić information content (AvgIpc) is 2.92. The smallest absolute Gasteiger partial charge is 0.168 e. The highest BCUT2D eigenvalue weighted by Crippen LogP contribution is 2.36. The highest BCUT2D eigenvalue weighted by Gasteiger charge is 2.40. The van der Waals surface area contributed by atoms with Crippen molar-refractivity contribution < 1.29 is 9.47 Å². The van der Waals surface area contributed by atoms with Crippen molar-refractivity contribution in [3.05, 3.63) is 29.8 Å². The van der Waals surface area contributed by atoms with E-state index < -0.39 is 0 Å². The molecule has 1 spiro atoms. The topological polar surface area (TPSA) is 33.7 Å². The Hall–Kier alpha value is -1.10. The Balaban J connectivity index is 1.60. The Morgan fingerprint density at radius 2 is 1.81 bits per heavy atom. The van der Waals surface area contributed by atoms with Gasteiger partial charge in [-0.25, -0.2) is 0 Å². The first-order valence-electron chi connectivity index (χ1n) is 7.94. The predicted molar refractivity (Wildman–Crippen MR) is 84.3 cm³/mol. The molecule has 0 unspecified atom stereocenters. The van der Waals surface area contributed by atoms with E-state index in [9.17, 15) is 0 Å². The molecule has 116 valence electrons. The van der Waals surface area contributed by atoms with Crippen molar-refractivity contribution in [2.75, 3.05) is 32.6 Å². The lowest BCUT2D eigenvalue weighted by atomic mass is 9.89. The van der Waals surface area contributed by atoms with Gasteiger partial charge in [0.15, 0.2) is 5.79 Å². The van der Waals surface area contributed by atoms with E-state index in [1.165, 1.54) is 11.3 Å². The number of benzene rings is 1. The second-order valence-corrected chi connectivity index (χ2v) is 6.42. The molecule has 0 radical (unpaired) electrons. The molecule has 2 aliphatic rings. The van der Waals surface area contributed by atoms with Gasteiger partial charge in [0.05, 0.1) is 13.2 Å². The molecule has 4 nitrogen and oxygen atoms in total. The zero-order valence-corrected chi connectivity index (χ0v) is 13.1. The predicted octanol–water partition coefficient (Wildman–Crippen LogP) is 2.85. The number of para-hydroxylation sites is 1. The third-order valence-corrected chi connectivity index (χ3v) is 4.42. The Morgan fingerprint density at radius 3 is 2.48 bits per heavy atom. The number of hydrogen-bond donors (Lipinski definition) is 1. The quantitative estimate of drug-likeness (QED) is 0.924. The normalized spacial score (nSPS) is 22.0. The third-order valence-electron chi connectivity index (χ3n) is 4.42. The summed E-state index contributed by atoms with van der Waals surface area (Å²) in [6.45, 7) is 2.47. The largest absolute Gasteiger partial charge is 0.382 e. The maximum atomic E-state index is 5.80. The molecule has 1 N–H and O–H groups in total. The van der Waals surface area contributed by atoms with E-state index in [0.717, 1.165) is 45.4 Å². The highest BCUT2D eigenvalue weighted by atomic mass is 16.7. The van der Waals surface area contributed by atoms with Gasteiger partial charge in [0, 0.05) is 31.1 Å². The van der Waals surface area contributed by atoms with E-state index in [1.54, 1.807) is 0 Å². The number of nitrogens with one attached hydrogen (secondary N) is 1. The summed E-state index contributed by atoms with van der Waals surface area (Å²) in [7, 11) is 4.21. The molecule has 2 fully saturated rings. The Labute approximate surface area is 127 Å². The molecule has 1 saturated carbocycles. The van der Waals surface area contributed by atoms with Crippen molar-refractivity contribution in [1.82, 2.24) is 4.90 Å². The molecule has 1 heterocycles. The van der Waals surface area contributed by atoms with Crippen LogP contribution in [0.3, 0.4) is 0 Å². The molecule has 1 saturated heterocycles. The summed E-state index contributed by atoms with van der Waals surface area (Å²) in [6, 6.07) is 9.13. The highest BCUT2D eigenvalue weighted by molar-refractivity contribution is 5.51. The van der Waals surface area contributed by atoms with E-state index >= 15 is 0 Å². The fourth-order valence-corrected chi connectivity index (χ4v) is 3.35. The van der Waals surface area contributed by atoms with Gasteiger partial charge in [0.25, 0.3) is 0 Å². The van der Waals surface area contributed by atoms with Crippen LogP contribution in [0.15, 0.2) is 24.3 Å². The lowest BCUT2D eigenvalue weighted by Gasteiger charge is -2.36. The van der Waals surface area contributed by atoms with Crippen molar-refractivity contribution in [1.29, 1.82) is 0 Å². The van der Waals surface area contributed by atoms with Crippen LogP contribution in [0.4, 0.5) is 5.69 Å². The van der Waals surface area contributed by atoms with Gasteiger partial charge in [-0.05, 0) is 38.6 Å². The monoisotopic (exact) mass is 290 g/mol. The Morgan fingerprint density at radius 1 is 1.14 bits per heavy atom. The van der Waals surface area contributed by atoms with Crippen LogP contribution in [0.25, 0.3) is 0 Å². The maximum absolute atomic E-state index is 5.80. The number of anilines is 1. The second kappa shape index (κ2) is 6.34. The van der Waals surface area contributed by atoms with Crippen molar-refractivity contribution in [3.63, 3.8) is 0 Å². The Bertz CT molecular complexity index is 460. The van der Waals surface area contributed by atoms with Crippen LogP contribution in [0, 0.1) is 0 Å². The number of nitrogens with zero attached hydrogens (tertiary/aromatic N) is 1. The molecular formula is C17H26N2O2. The minimum atomic E-state index is -0.263. The fourth-order valence-electron chi connectivity index (χ4n) is 3.35. The van der Waals surface area contributed by atoms with Crippen molar-refractivity contribution >= 4 is 5.69 Å². The van der Waals surface area contributed by atoms with E-state index in [4.69, 9.17) is 9.47 Å². The van der Waals surface area contributed by atoms with Crippen LogP contribution in [-0.4, -0.2) is 44.0 Å². The molecule has 0 atom stereocenters. The van der Waals surface area contributed by atoms with Gasteiger partial charge in [-0.15, -0.1) is 0 Å². The van der Waals surface area contributed by atoms with Gasteiger partial charge >= 0.3 is 0 Å². The fraction of sp³-hybridized carbons (Fsp3) is 0.647. The van der Waals surface area contributed by atoms with Gasteiger partial charge in [-0.3, -0.25) is 0 Å². The molecule has 0 bridgehead atoms. The van der Waals surface area contributed by atoms with E-state index in [0.29, 0.717) is 6.04 Å². The molecule has 21 heavy (non-hydrogen) atoms. The summed E-state index contributed by atoms with van der Waals surface area (Å²) < 4.78 is 11.6. The molecular weight excluding hydrogens is 264 g/mol. The zero-order chi connectivity index (χ0) is 14.7. The average molecular weight is 290 g/mol. The minimum Gasteiger partial charge on any atom is -0.382 e. The molecule has 1 aromatic rings. The van der Waals surface area contributed by atoms with Gasteiger partial charge in [-0.2, -0.15) is 0 Å². The first kappa shape index (κ1) is 14.8. The van der Waals surface area contributed by atoms with Crippen LogP contribution >= 0.6 is 0 Å². The van der Waals surface area contributed by atoms with Crippen LogP contribution in [0.5, 0.6) is 0 Å². The number of ether oxygens (including phenoxy) is 2. The lowest BCUT2D eigenvalue weighted by molar-refractivity contribution is -0.177. The second-order valence-electron chi connectivity index (χ2n) is 6.42. The summed E-state index contributed by atoms with van der Waals surface area (Å²) in [5.74, 6) is -0.263. The third kappa shape index (κ3) is 3.57. The van der Waals surface area contributed by atoms with Crippen LogP contribution in [-0.2, 0) is 16.0 Å².